The van der Waals surface area contributed by atoms with Gasteiger partial charge < -0.3 is 5.32 Å². The number of para-hydroxylation sites is 1. The lowest BCUT2D eigenvalue weighted by atomic mass is 10.1. The number of nitrogens with zero attached hydrogens (tertiary/aromatic N) is 1. The van der Waals surface area contributed by atoms with Crippen molar-refractivity contribution < 1.29 is 27.2 Å². The SMILES string of the molecule is CC(C(=O)Nc1ccccc1C(F)(F)F)N1C(=O)/C(=C/c2ccc(F)cc2)SC1=S. The predicted octanol–water partition coefficient (Wildman–Crippen LogP) is 5.07. The molecule has 1 unspecified atom stereocenters. The van der Waals surface area contributed by atoms with Crippen molar-refractivity contribution in [3.05, 3.63) is 70.4 Å². The number of rotatable bonds is 4. The Kier molecular flexibility index (Phi) is 6.27. The van der Waals surface area contributed by atoms with Crippen molar-refractivity contribution in [2.75, 3.05) is 5.32 Å². The van der Waals surface area contributed by atoms with E-state index in [9.17, 15) is 27.2 Å². The van der Waals surface area contributed by atoms with E-state index in [0.29, 0.717) is 5.56 Å². The van der Waals surface area contributed by atoms with E-state index in [4.69, 9.17) is 12.2 Å². The molecule has 2 aromatic rings. The van der Waals surface area contributed by atoms with Crippen molar-refractivity contribution in [1.82, 2.24) is 4.90 Å². The lowest BCUT2D eigenvalue weighted by Crippen LogP contribution is -2.44. The molecule has 1 aliphatic heterocycles. The van der Waals surface area contributed by atoms with Gasteiger partial charge in [0, 0.05) is 0 Å². The van der Waals surface area contributed by atoms with Crippen LogP contribution in [0.3, 0.4) is 0 Å². The number of benzene rings is 2. The van der Waals surface area contributed by atoms with Crippen molar-refractivity contribution in [1.29, 1.82) is 0 Å². The Balaban J connectivity index is 1.79. The van der Waals surface area contributed by atoms with Crippen LogP contribution in [-0.4, -0.2) is 27.1 Å². The van der Waals surface area contributed by atoms with Crippen LogP contribution in [0, 0.1) is 5.82 Å². The molecule has 1 fully saturated rings. The summed E-state index contributed by atoms with van der Waals surface area (Å²) in [5.41, 5.74) is -0.839. The number of anilines is 1. The molecule has 1 saturated heterocycles. The summed E-state index contributed by atoms with van der Waals surface area (Å²) in [5.74, 6) is -1.80. The predicted molar refractivity (Wildman–Crippen MR) is 111 cm³/mol. The molecule has 0 bridgehead atoms. The standard InChI is InChI=1S/C20H14F4N2O2S2/c1-11(17(27)25-15-5-3-2-4-14(15)20(22,23)24)26-18(28)16(30-19(26)29)10-12-6-8-13(21)9-7-12/h2-11H,1H3,(H,25,27)/b16-10-. The summed E-state index contributed by atoms with van der Waals surface area (Å²) in [7, 11) is 0. The molecule has 156 valence electrons. The zero-order valence-corrected chi connectivity index (χ0v) is 17.0. The topological polar surface area (TPSA) is 49.4 Å². The summed E-state index contributed by atoms with van der Waals surface area (Å²) >= 11 is 6.14. The lowest BCUT2D eigenvalue weighted by Gasteiger charge is -2.23. The number of hydrogen-bond donors (Lipinski definition) is 1. The van der Waals surface area contributed by atoms with E-state index in [-0.39, 0.29) is 9.23 Å². The smallest absolute Gasteiger partial charge is 0.324 e. The first-order valence-electron chi connectivity index (χ1n) is 8.57. The van der Waals surface area contributed by atoms with E-state index in [1.54, 1.807) is 0 Å². The molecule has 0 saturated carbocycles. The number of thioether (sulfide) groups is 1. The maximum atomic E-state index is 13.1. The van der Waals surface area contributed by atoms with Crippen LogP contribution in [0.1, 0.15) is 18.1 Å². The Morgan fingerprint density at radius 2 is 1.80 bits per heavy atom. The average molecular weight is 454 g/mol. The number of amides is 2. The molecule has 0 spiro atoms. The van der Waals surface area contributed by atoms with Crippen molar-refractivity contribution in [3.63, 3.8) is 0 Å². The number of thiocarbonyl (C=S) groups is 1. The highest BCUT2D eigenvalue weighted by Crippen LogP contribution is 2.36. The van der Waals surface area contributed by atoms with Crippen LogP contribution in [0.4, 0.5) is 23.2 Å². The van der Waals surface area contributed by atoms with Crippen molar-refractivity contribution in [2.24, 2.45) is 0 Å². The van der Waals surface area contributed by atoms with Crippen LogP contribution < -0.4 is 5.32 Å². The Morgan fingerprint density at radius 3 is 2.43 bits per heavy atom. The number of carbonyl (C=O) groups is 2. The first-order valence-corrected chi connectivity index (χ1v) is 9.80. The van der Waals surface area contributed by atoms with Gasteiger partial charge in [0.15, 0.2) is 0 Å². The van der Waals surface area contributed by atoms with Gasteiger partial charge in [-0.15, -0.1) is 0 Å². The molecule has 4 nitrogen and oxygen atoms in total. The summed E-state index contributed by atoms with van der Waals surface area (Å²) in [6.07, 6.45) is -3.14. The van der Waals surface area contributed by atoms with Gasteiger partial charge in [-0.05, 0) is 42.8 Å². The number of halogens is 4. The number of hydrogen-bond acceptors (Lipinski definition) is 4. The molecule has 3 rings (SSSR count). The second kappa shape index (κ2) is 8.57. The number of nitrogens with one attached hydrogen (secondary N) is 1. The Labute approximate surface area is 178 Å². The highest BCUT2D eigenvalue weighted by Gasteiger charge is 2.39. The minimum absolute atomic E-state index is 0.0973. The van der Waals surface area contributed by atoms with Gasteiger partial charge in [-0.3, -0.25) is 14.5 Å². The first-order chi connectivity index (χ1) is 14.1. The molecule has 0 aromatic heterocycles. The van der Waals surface area contributed by atoms with Gasteiger partial charge in [-0.1, -0.05) is 48.2 Å². The number of alkyl halides is 3. The third-order valence-corrected chi connectivity index (χ3v) is 5.58. The largest absolute Gasteiger partial charge is 0.418 e. The van der Waals surface area contributed by atoms with Gasteiger partial charge in [0.2, 0.25) is 5.91 Å². The molecule has 1 atom stereocenters. The van der Waals surface area contributed by atoms with E-state index < -0.39 is 41.1 Å². The molecule has 0 radical (unpaired) electrons. The van der Waals surface area contributed by atoms with Crippen molar-refractivity contribution in [3.8, 4) is 0 Å². The van der Waals surface area contributed by atoms with Crippen LogP contribution in [-0.2, 0) is 15.8 Å². The zero-order chi connectivity index (χ0) is 22.1. The van der Waals surface area contributed by atoms with Gasteiger partial charge in [0.05, 0.1) is 16.2 Å². The summed E-state index contributed by atoms with van der Waals surface area (Å²) in [6, 6.07) is 8.85. The van der Waals surface area contributed by atoms with Gasteiger partial charge in [0.25, 0.3) is 5.91 Å². The quantitative estimate of drug-likeness (QED) is 0.398. The zero-order valence-electron chi connectivity index (χ0n) is 15.4. The highest BCUT2D eigenvalue weighted by atomic mass is 32.2. The summed E-state index contributed by atoms with van der Waals surface area (Å²) in [6.45, 7) is 1.37. The first kappa shape index (κ1) is 22.0. The van der Waals surface area contributed by atoms with Crippen LogP contribution in [0.25, 0.3) is 6.08 Å². The molecule has 10 heteroatoms. The monoisotopic (exact) mass is 454 g/mol. The molecule has 1 aliphatic rings. The van der Waals surface area contributed by atoms with E-state index in [1.807, 2.05) is 0 Å². The lowest BCUT2D eigenvalue weighted by molar-refractivity contribution is -0.137. The van der Waals surface area contributed by atoms with Gasteiger partial charge in [0.1, 0.15) is 16.2 Å². The molecule has 30 heavy (non-hydrogen) atoms. The fraction of sp³-hybridized carbons (Fsp3) is 0.150. The minimum Gasteiger partial charge on any atom is -0.324 e. The molecule has 1 heterocycles. The third-order valence-electron chi connectivity index (χ3n) is 4.25. The average Bonchev–Trinajstić information content (AvgIpc) is 2.95. The third kappa shape index (κ3) is 4.71. The minimum atomic E-state index is -4.65. The molecule has 2 aromatic carbocycles. The maximum absolute atomic E-state index is 13.1. The fourth-order valence-corrected chi connectivity index (χ4v) is 4.14. The molecule has 0 aliphatic carbocycles. The van der Waals surface area contributed by atoms with Crippen molar-refractivity contribution >= 4 is 51.9 Å². The van der Waals surface area contributed by atoms with Crippen LogP contribution in [0.5, 0.6) is 0 Å². The van der Waals surface area contributed by atoms with E-state index in [2.05, 4.69) is 5.32 Å². The van der Waals surface area contributed by atoms with Crippen molar-refractivity contribution in [2.45, 2.75) is 19.1 Å². The Morgan fingerprint density at radius 1 is 1.17 bits per heavy atom. The van der Waals surface area contributed by atoms with Crippen LogP contribution in [0.15, 0.2) is 53.4 Å². The number of carbonyl (C=O) groups excluding carboxylic acids is 2. The molecular weight excluding hydrogens is 440 g/mol. The summed E-state index contributed by atoms with van der Waals surface area (Å²) in [4.78, 5) is 26.6. The van der Waals surface area contributed by atoms with Gasteiger partial charge in [-0.25, -0.2) is 4.39 Å². The highest BCUT2D eigenvalue weighted by molar-refractivity contribution is 8.26. The maximum Gasteiger partial charge on any atom is 0.418 e. The fourth-order valence-electron chi connectivity index (χ4n) is 2.72. The Bertz CT molecular complexity index is 1040. The molecular formula is C20H14F4N2O2S2. The summed E-state index contributed by atoms with van der Waals surface area (Å²) in [5, 5.41) is 2.22. The second-order valence-electron chi connectivity index (χ2n) is 6.31. The van der Waals surface area contributed by atoms with E-state index in [0.717, 1.165) is 28.8 Å². The van der Waals surface area contributed by atoms with E-state index in [1.165, 1.54) is 49.4 Å². The second-order valence-corrected chi connectivity index (χ2v) is 7.99. The van der Waals surface area contributed by atoms with Gasteiger partial charge in [-0.2, -0.15) is 13.2 Å². The van der Waals surface area contributed by atoms with E-state index >= 15 is 0 Å². The van der Waals surface area contributed by atoms with Crippen LogP contribution >= 0.6 is 24.0 Å². The van der Waals surface area contributed by atoms with Crippen LogP contribution in [0.2, 0.25) is 0 Å². The Hall–Kier alpha value is -2.72. The normalized spacial score (nSPS) is 16.8. The van der Waals surface area contributed by atoms with Gasteiger partial charge >= 0.3 is 6.18 Å². The molecule has 2 amide bonds. The summed E-state index contributed by atoms with van der Waals surface area (Å²) < 4.78 is 52.5. The molecule has 1 N–H and O–H groups in total.